The van der Waals surface area contributed by atoms with E-state index >= 15 is 0 Å². The van der Waals surface area contributed by atoms with Crippen LogP contribution in [0.3, 0.4) is 0 Å². The summed E-state index contributed by atoms with van der Waals surface area (Å²) in [5.41, 5.74) is 0. The molecule has 6 heavy (non-hydrogen) atoms. The van der Waals surface area contributed by atoms with Crippen molar-refractivity contribution in [2.24, 2.45) is 0 Å². The van der Waals surface area contributed by atoms with Crippen molar-refractivity contribution in [3.05, 3.63) is 0 Å². The van der Waals surface area contributed by atoms with E-state index in [9.17, 15) is 0 Å². The molecule has 4 radical (unpaired) electrons. The van der Waals surface area contributed by atoms with Gasteiger partial charge in [-0.15, -0.1) is 0 Å². The van der Waals surface area contributed by atoms with Gasteiger partial charge in [-0.3, -0.25) is 0 Å². The Morgan fingerprint density at radius 3 is 0.667 bits per heavy atom. The molecule has 0 saturated carbocycles. The number of hydrogen-bond acceptors (Lipinski definition) is 2. The van der Waals surface area contributed by atoms with E-state index in [4.69, 9.17) is 0 Å². The van der Waals surface area contributed by atoms with E-state index in [-0.39, 0.29) is 75.9 Å². The molecule has 0 spiro atoms. The fourth-order valence-electron chi connectivity index (χ4n) is 0. The third-order valence-corrected chi connectivity index (χ3v) is 0. The Bertz CT molecular complexity index is 7.51. The molecule has 0 aliphatic heterocycles. The van der Waals surface area contributed by atoms with Gasteiger partial charge in [-0.25, -0.2) is 0 Å². The molecular weight excluding hydrogens is 209 g/mol. The van der Waals surface area contributed by atoms with Crippen LogP contribution in [0.25, 0.3) is 0 Å². The summed E-state index contributed by atoms with van der Waals surface area (Å²) < 4.78 is 0. The summed E-state index contributed by atoms with van der Waals surface area (Å²) in [6, 6.07) is 0. The zero-order chi connectivity index (χ0) is 0. The second-order valence-electron chi connectivity index (χ2n) is 0. The first-order chi connectivity index (χ1) is 0. The van der Waals surface area contributed by atoms with Crippen LogP contribution in [0.4, 0.5) is 0 Å². The van der Waals surface area contributed by atoms with Gasteiger partial charge < -0.3 is 21.9 Å². The molecule has 6 heteroatoms. The van der Waals surface area contributed by atoms with Crippen molar-refractivity contribution >= 4 is 54.0 Å². The van der Waals surface area contributed by atoms with E-state index in [1.165, 1.54) is 0 Å². The first-order valence-corrected chi connectivity index (χ1v) is 0. The van der Waals surface area contributed by atoms with E-state index < -0.39 is 0 Å². The summed E-state index contributed by atoms with van der Waals surface area (Å²) in [5.74, 6) is 0. The Hall–Kier alpha value is 1.66. The largest absolute Gasteiger partial charge is 0.870 e. The molecule has 0 aromatic carbocycles. The maximum absolute atomic E-state index is 0. The van der Waals surface area contributed by atoms with Gasteiger partial charge in [-0.05, 0) is 0 Å². The van der Waals surface area contributed by atoms with Gasteiger partial charge in [0.05, 0.1) is 0 Å². The van der Waals surface area contributed by atoms with Gasteiger partial charge in [0.25, 0.3) is 0 Å². The van der Waals surface area contributed by atoms with E-state index in [0.717, 1.165) is 0 Å². The molecule has 0 fully saturated rings. The van der Waals surface area contributed by atoms with Gasteiger partial charge in [-0.2, -0.15) is 0 Å². The molecule has 0 saturated heterocycles. The van der Waals surface area contributed by atoms with Crippen molar-refractivity contribution in [2.75, 3.05) is 0 Å². The summed E-state index contributed by atoms with van der Waals surface area (Å²) in [4.78, 5) is 0. The van der Waals surface area contributed by atoms with Crippen LogP contribution in [0.1, 0.15) is 0 Å². The predicted molar refractivity (Wildman–Crippen MR) is 22.6 cm³/mol. The Kier molecular flexibility index (Phi) is 1600. The minimum Gasteiger partial charge on any atom is -0.870 e. The van der Waals surface area contributed by atoms with Crippen LogP contribution in [0.5, 0.6) is 0 Å². The smallest absolute Gasteiger partial charge is 0 e. The van der Waals surface area contributed by atoms with Crippen molar-refractivity contribution in [3.8, 4) is 0 Å². The summed E-state index contributed by atoms with van der Waals surface area (Å²) in [6.45, 7) is 0. The summed E-state index contributed by atoms with van der Waals surface area (Å²) in [6.07, 6.45) is 0. The Morgan fingerprint density at radius 1 is 0.667 bits per heavy atom. The van der Waals surface area contributed by atoms with Gasteiger partial charge in [0.2, 0.25) is 0 Å². The molecule has 4 nitrogen and oxygen atoms in total. The van der Waals surface area contributed by atoms with Crippen molar-refractivity contribution < 1.29 is 21.9 Å². The summed E-state index contributed by atoms with van der Waals surface area (Å²) in [7, 11) is 0. The molecule has 0 bridgehead atoms. The summed E-state index contributed by atoms with van der Waals surface area (Å²) >= 11 is 0. The zero-order valence-corrected chi connectivity index (χ0v) is 7.89. The normalized spacial score (nSPS) is 0. The van der Waals surface area contributed by atoms with Gasteiger partial charge in [0, 0.05) is 54.0 Å². The van der Waals surface area contributed by atoms with Gasteiger partial charge >= 0.3 is 0 Å². The van der Waals surface area contributed by atoms with Crippen LogP contribution >= 0.6 is 0 Å². The molecule has 0 amide bonds. The zero-order valence-electron chi connectivity index (χ0n) is 3.34. The minimum absolute atomic E-state index is 0. The van der Waals surface area contributed by atoms with Crippen LogP contribution < -0.4 is 0 Å². The number of hydrogen-bond donors (Lipinski definition) is 0. The van der Waals surface area contributed by atoms with Crippen LogP contribution in [-0.2, 0) is 0 Å². The Labute approximate surface area is 75.3 Å². The van der Waals surface area contributed by atoms with E-state index in [2.05, 4.69) is 0 Å². The standard InChI is InChI=1S/Na.4H2O.Sb/h;4*1H2;/p-2. The van der Waals surface area contributed by atoms with Crippen LogP contribution in [0, 0.1) is 0 Å². The average Bonchev–Trinajstić information content (AvgIpc) is 0. The fraction of sp³-hybridized carbons (Fsp3) is 0. The van der Waals surface area contributed by atoms with Crippen molar-refractivity contribution in [2.45, 2.75) is 0 Å². The van der Waals surface area contributed by atoms with Crippen LogP contribution in [0.15, 0.2) is 0 Å². The fourth-order valence-corrected chi connectivity index (χ4v) is 0. The summed E-state index contributed by atoms with van der Waals surface area (Å²) in [5, 5.41) is 0. The van der Waals surface area contributed by atoms with E-state index in [1.807, 2.05) is 0 Å². The molecular formula is H6NaO4Sb-2. The van der Waals surface area contributed by atoms with Crippen molar-refractivity contribution in [1.82, 2.24) is 0 Å². The minimum atomic E-state index is 0. The second kappa shape index (κ2) is 77.5. The quantitative estimate of drug-likeness (QED) is 0.406. The van der Waals surface area contributed by atoms with E-state index in [1.54, 1.807) is 0 Å². The monoisotopic (exact) mass is 214 g/mol. The molecule has 0 rings (SSSR count). The molecule has 0 aliphatic carbocycles. The molecule has 6 N–H and O–H groups in total. The Balaban J connectivity index is 0. The Morgan fingerprint density at radius 2 is 0.667 bits per heavy atom. The first-order valence-electron chi connectivity index (χ1n) is 0. The number of rotatable bonds is 0. The average molecular weight is 215 g/mol. The molecule has 0 heterocycles. The van der Waals surface area contributed by atoms with Crippen molar-refractivity contribution in [1.29, 1.82) is 0 Å². The van der Waals surface area contributed by atoms with Crippen molar-refractivity contribution in [3.63, 3.8) is 0 Å². The molecule has 0 aromatic rings. The second-order valence-corrected chi connectivity index (χ2v) is 0. The first kappa shape index (κ1) is 123. The molecule has 0 aliphatic rings. The maximum Gasteiger partial charge on any atom is 0 e. The maximum atomic E-state index is 0. The van der Waals surface area contributed by atoms with Crippen LogP contribution in [-0.4, -0.2) is 75.9 Å². The van der Waals surface area contributed by atoms with Gasteiger partial charge in [0.15, 0.2) is 0 Å². The topological polar surface area (TPSA) is 123 Å². The third kappa shape index (κ3) is 44.7. The van der Waals surface area contributed by atoms with E-state index in [0.29, 0.717) is 0 Å². The molecule has 38 valence electrons. The predicted octanol–water partition coefficient (Wildman–Crippen LogP) is -2.76. The van der Waals surface area contributed by atoms with Gasteiger partial charge in [0.1, 0.15) is 0 Å². The van der Waals surface area contributed by atoms with Crippen LogP contribution in [0.2, 0.25) is 0 Å². The third-order valence-electron chi connectivity index (χ3n) is 0. The molecule has 0 atom stereocenters. The van der Waals surface area contributed by atoms with Gasteiger partial charge in [-0.1, -0.05) is 0 Å². The molecule has 0 unspecified atom stereocenters. The molecule has 0 aromatic heterocycles. The SMILES string of the molecule is O.O.[Na].[OH-].[OH-].[Sb].